The Bertz CT molecular complexity index is 403. The van der Waals surface area contributed by atoms with Crippen LogP contribution in [0.5, 0.6) is 0 Å². The van der Waals surface area contributed by atoms with E-state index in [0.717, 1.165) is 24.9 Å². The molecule has 0 aromatic carbocycles. The van der Waals surface area contributed by atoms with Crippen molar-refractivity contribution in [3.63, 3.8) is 0 Å². The molecule has 0 aliphatic heterocycles. The zero-order chi connectivity index (χ0) is 12.8. The maximum absolute atomic E-state index is 4.41. The lowest BCUT2D eigenvalue weighted by Gasteiger charge is -2.08. The van der Waals surface area contributed by atoms with Crippen molar-refractivity contribution in [1.82, 2.24) is 14.8 Å². The Kier molecular flexibility index (Phi) is 2.71. The largest absolute Gasteiger partial charge is 0.355 e. The molecule has 0 unspecified atom stereocenters. The van der Waals surface area contributed by atoms with Gasteiger partial charge in [-0.3, -0.25) is 4.57 Å². The molecular formula is C13H24N4. The van der Waals surface area contributed by atoms with Crippen LogP contribution in [-0.2, 0) is 6.54 Å². The molecule has 1 aromatic heterocycles. The molecule has 0 atom stereocenters. The number of anilines is 1. The van der Waals surface area contributed by atoms with E-state index in [1.54, 1.807) is 0 Å². The highest BCUT2D eigenvalue weighted by Crippen LogP contribution is 2.73. The van der Waals surface area contributed by atoms with Crippen LogP contribution in [0.4, 0.5) is 5.95 Å². The number of aromatic nitrogens is 3. The van der Waals surface area contributed by atoms with Crippen molar-refractivity contribution >= 4 is 5.95 Å². The van der Waals surface area contributed by atoms with Gasteiger partial charge >= 0.3 is 0 Å². The fraction of sp³-hybridized carbons (Fsp3) is 0.846. The summed E-state index contributed by atoms with van der Waals surface area (Å²) >= 11 is 0. The molecule has 0 amide bonds. The summed E-state index contributed by atoms with van der Waals surface area (Å²) in [6.45, 7) is 15.3. The first-order valence-corrected chi connectivity index (χ1v) is 6.54. The highest BCUT2D eigenvalue weighted by molar-refractivity contribution is 5.33. The van der Waals surface area contributed by atoms with Crippen molar-refractivity contribution in [3.05, 3.63) is 5.82 Å². The van der Waals surface area contributed by atoms with Crippen LogP contribution in [0.15, 0.2) is 0 Å². The molecule has 1 fully saturated rings. The predicted molar refractivity (Wildman–Crippen MR) is 70.2 cm³/mol. The van der Waals surface area contributed by atoms with E-state index in [1.165, 1.54) is 0 Å². The van der Waals surface area contributed by atoms with Gasteiger partial charge < -0.3 is 5.32 Å². The Morgan fingerprint density at radius 2 is 1.71 bits per heavy atom. The molecule has 0 saturated heterocycles. The average molecular weight is 236 g/mol. The van der Waals surface area contributed by atoms with E-state index in [9.17, 15) is 0 Å². The summed E-state index contributed by atoms with van der Waals surface area (Å²) < 4.78 is 2.21. The van der Waals surface area contributed by atoms with Gasteiger partial charge in [-0.2, -0.15) is 0 Å². The van der Waals surface area contributed by atoms with E-state index in [4.69, 9.17) is 0 Å². The summed E-state index contributed by atoms with van der Waals surface area (Å²) in [6.07, 6.45) is 0. The summed E-state index contributed by atoms with van der Waals surface area (Å²) in [6, 6.07) is 0. The number of hydrogen-bond donors (Lipinski definition) is 1. The second-order valence-corrected chi connectivity index (χ2v) is 6.03. The first-order chi connectivity index (χ1) is 7.87. The van der Waals surface area contributed by atoms with Gasteiger partial charge in [-0.1, -0.05) is 27.7 Å². The third-order valence-corrected chi connectivity index (χ3v) is 4.71. The van der Waals surface area contributed by atoms with Gasteiger partial charge in [-0.25, -0.2) is 0 Å². The minimum Gasteiger partial charge on any atom is -0.355 e. The zero-order valence-corrected chi connectivity index (χ0v) is 11.8. The van der Waals surface area contributed by atoms with Crippen LogP contribution in [0.3, 0.4) is 0 Å². The SMILES string of the molecule is CCNc1nnc(C2C(C)(C)C2(C)C)n1CC. The van der Waals surface area contributed by atoms with Crippen molar-refractivity contribution < 1.29 is 0 Å². The van der Waals surface area contributed by atoms with Crippen molar-refractivity contribution in [2.45, 2.75) is 54.0 Å². The predicted octanol–water partition coefficient (Wildman–Crippen LogP) is 2.88. The van der Waals surface area contributed by atoms with Crippen LogP contribution >= 0.6 is 0 Å². The molecule has 0 spiro atoms. The van der Waals surface area contributed by atoms with Gasteiger partial charge in [-0.15, -0.1) is 10.2 Å². The summed E-state index contributed by atoms with van der Waals surface area (Å²) in [4.78, 5) is 0. The summed E-state index contributed by atoms with van der Waals surface area (Å²) in [5.74, 6) is 2.55. The van der Waals surface area contributed by atoms with E-state index in [1.807, 2.05) is 0 Å². The van der Waals surface area contributed by atoms with E-state index >= 15 is 0 Å². The minimum atomic E-state index is 0.316. The molecule has 0 radical (unpaired) electrons. The maximum Gasteiger partial charge on any atom is 0.224 e. The second kappa shape index (κ2) is 3.72. The Hall–Kier alpha value is -1.06. The Labute approximate surface area is 104 Å². The minimum absolute atomic E-state index is 0.316. The Balaban J connectivity index is 2.35. The molecule has 0 bridgehead atoms. The van der Waals surface area contributed by atoms with Gasteiger partial charge in [0.2, 0.25) is 5.95 Å². The average Bonchev–Trinajstić information content (AvgIpc) is 2.58. The maximum atomic E-state index is 4.41. The van der Waals surface area contributed by atoms with Crippen LogP contribution < -0.4 is 5.32 Å². The summed E-state index contributed by atoms with van der Waals surface area (Å²) in [5.41, 5.74) is 0.632. The monoisotopic (exact) mass is 236 g/mol. The van der Waals surface area contributed by atoms with Crippen LogP contribution in [0.25, 0.3) is 0 Å². The Morgan fingerprint density at radius 1 is 1.12 bits per heavy atom. The lowest BCUT2D eigenvalue weighted by molar-refractivity contribution is 0.457. The molecule has 1 heterocycles. The van der Waals surface area contributed by atoms with E-state index in [0.29, 0.717) is 16.7 Å². The van der Waals surface area contributed by atoms with E-state index in [2.05, 4.69) is 61.6 Å². The fourth-order valence-corrected chi connectivity index (χ4v) is 2.97. The highest BCUT2D eigenvalue weighted by atomic mass is 15.4. The van der Waals surface area contributed by atoms with Crippen LogP contribution in [-0.4, -0.2) is 21.3 Å². The van der Waals surface area contributed by atoms with Gasteiger partial charge in [0.1, 0.15) is 5.82 Å². The van der Waals surface area contributed by atoms with Crippen LogP contribution in [0, 0.1) is 10.8 Å². The third-order valence-electron chi connectivity index (χ3n) is 4.71. The zero-order valence-electron chi connectivity index (χ0n) is 11.8. The third kappa shape index (κ3) is 1.57. The van der Waals surface area contributed by atoms with Gasteiger partial charge in [0, 0.05) is 19.0 Å². The van der Waals surface area contributed by atoms with Crippen molar-refractivity contribution in [2.75, 3.05) is 11.9 Å². The molecule has 1 aliphatic rings. The molecule has 1 aliphatic carbocycles. The lowest BCUT2D eigenvalue weighted by Crippen LogP contribution is -2.09. The number of rotatable bonds is 4. The van der Waals surface area contributed by atoms with E-state index < -0.39 is 0 Å². The smallest absolute Gasteiger partial charge is 0.224 e. The van der Waals surface area contributed by atoms with Crippen LogP contribution in [0.1, 0.15) is 53.3 Å². The summed E-state index contributed by atoms with van der Waals surface area (Å²) in [5, 5.41) is 12.0. The van der Waals surface area contributed by atoms with Crippen molar-refractivity contribution in [1.29, 1.82) is 0 Å². The first-order valence-electron chi connectivity index (χ1n) is 6.54. The van der Waals surface area contributed by atoms with Crippen LogP contribution in [0.2, 0.25) is 0 Å². The molecule has 1 aromatic rings. The van der Waals surface area contributed by atoms with Gasteiger partial charge in [0.25, 0.3) is 0 Å². The molecule has 4 heteroatoms. The fourth-order valence-electron chi connectivity index (χ4n) is 2.97. The number of nitrogens with one attached hydrogen (secondary N) is 1. The number of hydrogen-bond acceptors (Lipinski definition) is 3. The quantitative estimate of drug-likeness (QED) is 0.874. The van der Waals surface area contributed by atoms with Crippen molar-refractivity contribution in [2.24, 2.45) is 10.8 Å². The molecule has 96 valence electrons. The molecule has 17 heavy (non-hydrogen) atoms. The van der Waals surface area contributed by atoms with E-state index in [-0.39, 0.29) is 0 Å². The topological polar surface area (TPSA) is 42.7 Å². The number of nitrogens with zero attached hydrogens (tertiary/aromatic N) is 3. The normalized spacial score (nSPS) is 21.5. The molecular weight excluding hydrogens is 212 g/mol. The van der Waals surface area contributed by atoms with Crippen molar-refractivity contribution in [3.8, 4) is 0 Å². The Morgan fingerprint density at radius 3 is 2.12 bits per heavy atom. The lowest BCUT2D eigenvalue weighted by atomic mass is 10.0. The molecule has 1 saturated carbocycles. The molecule has 1 N–H and O–H groups in total. The van der Waals surface area contributed by atoms with Gasteiger partial charge in [0.15, 0.2) is 0 Å². The molecule has 2 rings (SSSR count). The standard InChI is InChI=1S/C13H24N4/c1-7-14-11-16-15-10(17(11)8-2)9-12(3,4)13(9,5)6/h9H,7-8H2,1-6H3,(H,14,16). The van der Waals surface area contributed by atoms with Gasteiger partial charge in [0.05, 0.1) is 0 Å². The second-order valence-electron chi connectivity index (χ2n) is 6.03. The summed E-state index contributed by atoms with van der Waals surface area (Å²) in [7, 11) is 0. The van der Waals surface area contributed by atoms with Gasteiger partial charge in [-0.05, 0) is 24.7 Å². The molecule has 4 nitrogen and oxygen atoms in total. The first kappa shape index (κ1) is 12.4. The highest BCUT2D eigenvalue weighted by Gasteiger charge is 2.67.